The van der Waals surface area contributed by atoms with E-state index in [0.717, 1.165) is 17.8 Å². The fourth-order valence-electron chi connectivity index (χ4n) is 2.56. The first-order chi connectivity index (χ1) is 5.72. The van der Waals surface area contributed by atoms with Gasteiger partial charge in [-0.05, 0) is 43.4 Å². The fraction of sp³-hybridized carbons (Fsp3) is 0.833. The van der Waals surface area contributed by atoms with Crippen molar-refractivity contribution in [1.82, 2.24) is 0 Å². The molecule has 1 fully saturated rings. The molecule has 1 rings (SSSR count). The van der Waals surface area contributed by atoms with Crippen molar-refractivity contribution in [2.45, 2.75) is 46.0 Å². The fourth-order valence-corrected chi connectivity index (χ4v) is 2.56. The normalized spacial score (nSPS) is 37.3. The second kappa shape index (κ2) is 4.69. The molecule has 0 N–H and O–H groups in total. The molecule has 70 valence electrons. The van der Waals surface area contributed by atoms with Gasteiger partial charge < -0.3 is 0 Å². The van der Waals surface area contributed by atoms with Gasteiger partial charge in [-0.25, -0.2) is 0 Å². The lowest BCUT2D eigenvalue weighted by Gasteiger charge is -2.14. The Morgan fingerprint density at radius 1 is 1.17 bits per heavy atom. The number of hydrogen-bond donors (Lipinski definition) is 0. The Morgan fingerprint density at radius 3 is 2.58 bits per heavy atom. The predicted molar refractivity (Wildman–Crippen MR) is 55.1 cm³/mol. The molecule has 3 atom stereocenters. The molecule has 3 unspecified atom stereocenters. The zero-order chi connectivity index (χ0) is 8.97. The van der Waals surface area contributed by atoms with Crippen LogP contribution in [-0.2, 0) is 0 Å². The summed E-state index contributed by atoms with van der Waals surface area (Å²) in [7, 11) is 0. The van der Waals surface area contributed by atoms with Crippen molar-refractivity contribution >= 4 is 0 Å². The Balaban J connectivity index is 2.40. The van der Waals surface area contributed by atoms with E-state index in [1.54, 1.807) is 0 Å². The van der Waals surface area contributed by atoms with Gasteiger partial charge in [0.1, 0.15) is 0 Å². The maximum absolute atomic E-state index is 3.83. The molecule has 0 heterocycles. The average Bonchev–Trinajstić information content (AvgIpc) is 2.13. The highest BCUT2D eigenvalue weighted by Gasteiger charge is 2.19. The SMILES string of the molecule is C=CCC1CCC(C)CC(C)C1. The van der Waals surface area contributed by atoms with Crippen molar-refractivity contribution in [1.29, 1.82) is 0 Å². The Bertz CT molecular complexity index is 137. The van der Waals surface area contributed by atoms with Crippen molar-refractivity contribution in [3.63, 3.8) is 0 Å². The zero-order valence-corrected chi connectivity index (χ0v) is 8.55. The summed E-state index contributed by atoms with van der Waals surface area (Å²) in [4.78, 5) is 0. The van der Waals surface area contributed by atoms with Crippen LogP contribution in [0.3, 0.4) is 0 Å². The molecule has 0 nitrogen and oxygen atoms in total. The summed E-state index contributed by atoms with van der Waals surface area (Å²) in [5.41, 5.74) is 0. The minimum absolute atomic E-state index is 0.933. The molecule has 1 saturated carbocycles. The van der Waals surface area contributed by atoms with Gasteiger partial charge in [0.15, 0.2) is 0 Å². The Kier molecular flexibility index (Phi) is 3.84. The lowest BCUT2D eigenvalue weighted by molar-refractivity contribution is 0.391. The quantitative estimate of drug-likeness (QED) is 0.429. The average molecular weight is 166 g/mol. The minimum Gasteiger partial charge on any atom is -0.103 e. The van der Waals surface area contributed by atoms with E-state index in [0.29, 0.717) is 0 Å². The first-order valence-electron chi connectivity index (χ1n) is 5.33. The van der Waals surface area contributed by atoms with Crippen LogP contribution in [0.5, 0.6) is 0 Å². The van der Waals surface area contributed by atoms with Crippen LogP contribution in [0.15, 0.2) is 12.7 Å². The monoisotopic (exact) mass is 166 g/mol. The summed E-state index contributed by atoms with van der Waals surface area (Å²) in [6.07, 6.45) is 9.05. The third kappa shape index (κ3) is 3.00. The molecule has 0 aromatic rings. The summed E-state index contributed by atoms with van der Waals surface area (Å²) >= 11 is 0. The lowest BCUT2D eigenvalue weighted by atomic mass is 9.92. The van der Waals surface area contributed by atoms with E-state index in [4.69, 9.17) is 0 Å². The number of hydrogen-bond acceptors (Lipinski definition) is 0. The molecule has 0 heteroatoms. The van der Waals surface area contributed by atoms with E-state index in [2.05, 4.69) is 26.5 Å². The molecule has 0 aromatic carbocycles. The van der Waals surface area contributed by atoms with E-state index in [-0.39, 0.29) is 0 Å². The Morgan fingerprint density at radius 2 is 1.92 bits per heavy atom. The number of allylic oxidation sites excluding steroid dienone is 1. The second-order valence-corrected chi connectivity index (χ2v) is 4.65. The standard InChI is InChI=1S/C12H22/c1-4-5-12-7-6-10(2)8-11(3)9-12/h4,10-12H,1,5-9H2,2-3H3. The third-order valence-electron chi connectivity index (χ3n) is 3.11. The largest absolute Gasteiger partial charge is 0.103 e. The molecular weight excluding hydrogens is 144 g/mol. The highest BCUT2D eigenvalue weighted by molar-refractivity contribution is 4.78. The van der Waals surface area contributed by atoms with Gasteiger partial charge in [-0.2, -0.15) is 0 Å². The van der Waals surface area contributed by atoms with Crippen LogP contribution >= 0.6 is 0 Å². The van der Waals surface area contributed by atoms with E-state index >= 15 is 0 Å². The third-order valence-corrected chi connectivity index (χ3v) is 3.11. The van der Waals surface area contributed by atoms with Crippen LogP contribution in [0, 0.1) is 17.8 Å². The van der Waals surface area contributed by atoms with E-state index in [1.807, 2.05) is 0 Å². The summed E-state index contributed by atoms with van der Waals surface area (Å²) in [6.45, 7) is 8.63. The first kappa shape index (κ1) is 9.83. The molecule has 0 bridgehead atoms. The smallest absolute Gasteiger partial charge is 0.0325 e. The van der Waals surface area contributed by atoms with E-state index in [9.17, 15) is 0 Å². The second-order valence-electron chi connectivity index (χ2n) is 4.65. The highest BCUT2D eigenvalue weighted by Crippen LogP contribution is 2.32. The lowest BCUT2D eigenvalue weighted by Crippen LogP contribution is -2.02. The van der Waals surface area contributed by atoms with Gasteiger partial charge in [0.25, 0.3) is 0 Å². The predicted octanol–water partition coefficient (Wildman–Crippen LogP) is 4.02. The summed E-state index contributed by atoms with van der Waals surface area (Å²) < 4.78 is 0. The van der Waals surface area contributed by atoms with Crippen LogP contribution in [0.4, 0.5) is 0 Å². The van der Waals surface area contributed by atoms with Crippen molar-refractivity contribution < 1.29 is 0 Å². The molecule has 0 spiro atoms. The highest BCUT2D eigenvalue weighted by atomic mass is 14.2. The molecule has 0 aromatic heterocycles. The zero-order valence-electron chi connectivity index (χ0n) is 8.55. The molecule has 0 aliphatic heterocycles. The maximum atomic E-state index is 3.83. The van der Waals surface area contributed by atoms with Crippen molar-refractivity contribution in [2.24, 2.45) is 17.8 Å². The van der Waals surface area contributed by atoms with Gasteiger partial charge in [-0.1, -0.05) is 26.3 Å². The van der Waals surface area contributed by atoms with Gasteiger partial charge in [0.05, 0.1) is 0 Å². The van der Waals surface area contributed by atoms with Gasteiger partial charge in [0.2, 0.25) is 0 Å². The molecule has 1 aliphatic carbocycles. The van der Waals surface area contributed by atoms with Crippen LogP contribution in [0.25, 0.3) is 0 Å². The van der Waals surface area contributed by atoms with Crippen LogP contribution in [0.1, 0.15) is 46.0 Å². The van der Waals surface area contributed by atoms with E-state index < -0.39 is 0 Å². The van der Waals surface area contributed by atoms with Crippen molar-refractivity contribution in [2.75, 3.05) is 0 Å². The first-order valence-corrected chi connectivity index (χ1v) is 5.33. The van der Waals surface area contributed by atoms with Crippen LogP contribution in [0.2, 0.25) is 0 Å². The van der Waals surface area contributed by atoms with E-state index in [1.165, 1.54) is 32.1 Å². The number of rotatable bonds is 2. The Labute approximate surface area is 77.1 Å². The summed E-state index contributed by atoms with van der Waals surface area (Å²) in [5.74, 6) is 2.82. The molecule has 0 saturated heterocycles. The Hall–Kier alpha value is -0.260. The molecule has 1 aliphatic rings. The summed E-state index contributed by atoms with van der Waals surface area (Å²) in [6, 6.07) is 0. The maximum Gasteiger partial charge on any atom is -0.0325 e. The van der Waals surface area contributed by atoms with Crippen LogP contribution < -0.4 is 0 Å². The van der Waals surface area contributed by atoms with Gasteiger partial charge in [0, 0.05) is 0 Å². The molecule has 12 heavy (non-hydrogen) atoms. The molecular formula is C12H22. The van der Waals surface area contributed by atoms with Crippen LogP contribution in [-0.4, -0.2) is 0 Å². The topological polar surface area (TPSA) is 0 Å². The van der Waals surface area contributed by atoms with Crippen molar-refractivity contribution in [3.8, 4) is 0 Å². The summed E-state index contributed by atoms with van der Waals surface area (Å²) in [5, 5.41) is 0. The van der Waals surface area contributed by atoms with Gasteiger partial charge >= 0.3 is 0 Å². The minimum atomic E-state index is 0.933. The van der Waals surface area contributed by atoms with Gasteiger partial charge in [-0.15, -0.1) is 6.58 Å². The van der Waals surface area contributed by atoms with Crippen molar-refractivity contribution in [3.05, 3.63) is 12.7 Å². The van der Waals surface area contributed by atoms with Gasteiger partial charge in [-0.3, -0.25) is 0 Å². The molecule has 0 amide bonds. The molecule has 0 radical (unpaired) electrons.